The van der Waals surface area contributed by atoms with Crippen molar-refractivity contribution in [3.05, 3.63) is 40.7 Å². The number of nitrogen functional groups attached to an aromatic ring is 2. The molecule has 0 saturated carbocycles. The first-order chi connectivity index (χ1) is 9.40. The number of aryl methyl sites for hydroxylation is 2. The first-order valence-corrected chi connectivity index (χ1v) is 6.32. The molecule has 0 unspecified atom stereocenters. The Morgan fingerprint density at radius 3 is 2.60 bits per heavy atom. The monoisotopic (exact) mass is 273 g/mol. The molecule has 20 heavy (non-hydrogen) atoms. The molecule has 0 aliphatic carbocycles. The van der Waals surface area contributed by atoms with Gasteiger partial charge in [0.15, 0.2) is 0 Å². The molecule has 0 atom stereocenters. The standard InChI is InChI=1S/C14H19N5O/c1-8-12(9(2)19(3)18-8)7-17-14(20)11-5-4-10(15)6-13(11)16/h4-6H,7,15-16H2,1-3H3,(H,17,20). The van der Waals surface area contributed by atoms with Gasteiger partial charge in [-0.15, -0.1) is 0 Å². The summed E-state index contributed by atoms with van der Waals surface area (Å²) in [6, 6.07) is 4.87. The van der Waals surface area contributed by atoms with Crippen molar-refractivity contribution < 1.29 is 4.79 Å². The van der Waals surface area contributed by atoms with Crippen LogP contribution in [0.2, 0.25) is 0 Å². The van der Waals surface area contributed by atoms with E-state index in [0.29, 0.717) is 23.5 Å². The number of aromatic nitrogens is 2. The number of carbonyl (C=O) groups is 1. The number of nitrogens with one attached hydrogen (secondary N) is 1. The molecular weight excluding hydrogens is 254 g/mol. The molecule has 0 fully saturated rings. The van der Waals surface area contributed by atoms with Crippen LogP contribution in [0.15, 0.2) is 18.2 Å². The van der Waals surface area contributed by atoms with Gasteiger partial charge in [-0.3, -0.25) is 9.48 Å². The second-order valence-corrected chi connectivity index (χ2v) is 4.80. The molecule has 1 aromatic carbocycles. The van der Waals surface area contributed by atoms with Gasteiger partial charge in [0.2, 0.25) is 0 Å². The van der Waals surface area contributed by atoms with E-state index < -0.39 is 0 Å². The lowest BCUT2D eigenvalue weighted by Crippen LogP contribution is -2.24. The summed E-state index contributed by atoms with van der Waals surface area (Å²) >= 11 is 0. The maximum absolute atomic E-state index is 12.1. The van der Waals surface area contributed by atoms with Gasteiger partial charge in [0.1, 0.15) is 0 Å². The Hall–Kier alpha value is -2.50. The molecule has 6 nitrogen and oxygen atoms in total. The first-order valence-electron chi connectivity index (χ1n) is 6.32. The van der Waals surface area contributed by atoms with Gasteiger partial charge >= 0.3 is 0 Å². The fraction of sp³-hybridized carbons (Fsp3) is 0.286. The maximum Gasteiger partial charge on any atom is 0.253 e. The molecular formula is C14H19N5O. The lowest BCUT2D eigenvalue weighted by molar-refractivity contribution is 0.0952. The summed E-state index contributed by atoms with van der Waals surface area (Å²) in [7, 11) is 1.88. The SMILES string of the molecule is Cc1nn(C)c(C)c1CNC(=O)c1ccc(N)cc1N. The Bertz CT molecular complexity index is 660. The van der Waals surface area contributed by atoms with E-state index in [9.17, 15) is 4.79 Å². The molecule has 1 heterocycles. The predicted molar refractivity (Wildman–Crippen MR) is 79.1 cm³/mol. The van der Waals surface area contributed by atoms with Crippen molar-refractivity contribution in [1.29, 1.82) is 0 Å². The normalized spacial score (nSPS) is 10.6. The fourth-order valence-corrected chi connectivity index (χ4v) is 2.13. The number of anilines is 2. The predicted octanol–water partition coefficient (Wildman–Crippen LogP) is 1.13. The minimum atomic E-state index is -0.217. The second-order valence-electron chi connectivity index (χ2n) is 4.80. The van der Waals surface area contributed by atoms with Crippen molar-refractivity contribution in [3.63, 3.8) is 0 Å². The van der Waals surface area contributed by atoms with E-state index in [1.165, 1.54) is 0 Å². The van der Waals surface area contributed by atoms with Crippen molar-refractivity contribution in [2.75, 3.05) is 11.5 Å². The van der Waals surface area contributed by atoms with E-state index in [2.05, 4.69) is 10.4 Å². The molecule has 1 amide bonds. The third-order valence-corrected chi connectivity index (χ3v) is 3.40. The molecule has 0 spiro atoms. The maximum atomic E-state index is 12.1. The van der Waals surface area contributed by atoms with E-state index in [0.717, 1.165) is 17.0 Å². The van der Waals surface area contributed by atoms with Crippen molar-refractivity contribution >= 4 is 17.3 Å². The molecule has 2 aromatic rings. The van der Waals surface area contributed by atoms with Gasteiger partial charge in [-0.2, -0.15) is 5.10 Å². The molecule has 0 saturated heterocycles. The highest BCUT2D eigenvalue weighted by Gasteiger charge is 2.13. The minimum Gasteiger partial charge on any atom is -0.399 e. The Morgan fingerprint density at radius 1 is 1.35 bits per heavy atom. The van der Waals surface area contributed by atoms with E-state index in [1.807, 2.05) is 20.9 Å². The Kier molecular flexibility index (Phi) is 3.65. The van der Waals surface area contributed by atoms with E-state index in [4.69, 9.17) is 11.5 Å². The lowest BCUT2D eigenvalue weighted by Gasteiger charge is -2.08. The number of hydrogen-bond acceptors (Lipinski definition) is 4. The summed E-state index contributed by atoms with van der Waals surface area (Å²) in [6.45, 7) is 4.32. The number of benzene rings is 1. The second kappa shape index (κ2) is 5.24. The molecule has 6 heteroatoms. The van der Waals surface area contributed by atoms with Crippen LogP contribution in [0.25, 0.3) is 0 Å². The number of rotatable bonds is 3. The molecule has 106 valence electrons. The van der Waals surface area contributed by atoms with Crippen LogP contribution in [0, 0.1) is 13.8 Å². The summed E-state index contributed by atoms with van der Waals surface area (Å²) in [5.74, 6) is -0.217. The first kappa shape index (κ1) is 13.9. The third-order valence-electron chi connectivity index (χ3n) is 3.40. The number of carbonyl (C=O) groups excluding carboxylic acids is 1. The highest BCUT2D eigenvalue weighted by Crippen LogP contribution is 2.16. The molecule has 0 bridgehead atoms. The molecule has 0 aliphatic heterocycles. The largest absolute Gasteiger partial charge is 0.399 e. The van der Waals surface area contributed by atoms with Gasteiger partial charge in [0, 0.05) is 36.2 Å². The summed E-state index contributed by atoms with van der Waals surface area (Å²) in [5, 5.41) is 7.17. The lowest BCUT2D eigenvalue weighted by atomic mass is 10.1. The van der Waals surface area contributed by atoms with Crippen molar-refractivity contribution in [2.45, 2.75) is 20.4 Å². The van der Waals surface area contributed by atoms with Gasteiger partial charge in [-0.25, -0.2) is 0 Å². The number of nitrogens with two attached hydrogens (primary N) is 2. The third kappa shape index (κ3) is 2.59. The zero-order chi connectivity index (χ0) is 14.9. The average molecular weight is 273 g/mol. The highest BCUT2D eigenvalue weighted by atomic mass is 16.1. The topological polar surface area (TPSA) is 99.0 Å². The summed E-state index contributed by atoms with van der Waals surface area (Å²) in [4.78, 5) is 12.1. The van der Waals surface area contributed by atoms with Crippen LogP contribution in [-0.2, 0) is 13.6 Å². The highest BCUT2D eigenvalue weighted by molar-refractivity contribution is 5.99. The Labute approximate surface area is 117 Å². The van der Waals surface area contributed by atoms with Crippen LogP contribution >= 0.6 is 0 Å². The number of hydrogen-bond donors (Lipinski definition) is 3. The molecule has 2 rings (SSSR count). The van der Waals surface area contributed by atoms with Crippen LogP contribution in [0.5, 0.6) is 0 Å². The summed E-state index contributed by atoms with van der Waals surface area (Å²) < 4.78 is 1.80. The van der Waals surface area contributed by atoms with Gasteiger partial charge in [0.25, 0.3) is 5.91 Å². The van der Waals surface area contributed by atoms with Crippen molar-refractivity contribution in [1.82, 2.24) is 15.1 Å². The van der Waals surface area contributed by atoms with Crippen LogP contribution in [0.1, 0.15) is 27.3 Å². The zero-order valence-corrected chi connectivity index (χ0v) is 11.9. The quantitative estimate of drug-likeness (QED) is 0.730. The Balaban J connectivity index is 2.12. The van der Waals surface area contributed by atoms with E-state index >= 15 is 0 Å². The zero-order valence-electron chi connectivity index (χ0n) is 11.9. The average Bonchev–Trinajstić information content (AvgIpc) is 2.61. The van der Waals surface area contributed by atoms with Crippen molar-refractivity contribution in [2.24, 2.45) is 7.05 Å². The van der Waals surface area contributed by atoms with Crippen molar-refractivity contribution in [3.8, 4) is 0 Å². The Morgan fingerprint density at radius 2 is 2.05 bits per heavy atom. The van der Waals surface area contributed by atoms with Crippen LogP contribution in [0.4, 0.5) is 11.4 Å². The fourth-order valence-electron chi connectivity index (χ4n) is 2.13. The van der Waals surface area contributed by atoms with Gasteiger partial charge in [-0.05, 0) is 32.0 Å². The number of amides is 1. The van der Waals surface area contributed by atoms with E-state index in [-0.39, 0.29) is 5.91 Å². The molecule has 5 N–H and O–H groups in total. The van der Waals surface area contributed by atoms with Gasteiger partial charge < -0.3 is 16.8 Å². The van der Waals surface area contributed by atoms with Crippen LogP contribution < -0.4 is 16.8 Å². The van der Waals surface area contributed by atoms with Gasteiger partial charge in [0.05, 0.1) is 11.3 Å². The molecule has 0 aliphatic rings. The minimum absolute atomic E-state index is 0.217. The van der Waals surface area contributed by atoms with E-state index in [1.54, 1.807) is 22.9 Å². The van der Waals surface area contributed by atoms with Gasteiger partial charge in [-0.1, -0.05) is 0 Å². The summed E-state index contributed by atoms with van der Waals surface area (Å²) in [5.41, 5.74) is 15.7. The molecule has 1 aromatic heterocycles. The van der Waals surface area contributed by atoms with Crippen LogP contribution in [-0.4, -0.2) is 15.7 Å². The molecule has 0 radical (unpaired) electrons. The van der Waals surface area contributed by atoms with Crippen LogP contribution in [0.3, 0.4) is 0 Å². The number of nitrogens with zero attached hydrogens (tertiary/aromatic N) is 2. The summed E-state index contributed by atoms with van der Waals surface area (Å²) in [6.07, 6.45) is 0. The smallest absolute Gasteiger partial charge is 0.253 e.